The zero-order chi connectivity index (χ0) is 11.4. The summed E-state index contributed by atoms with van der Waals surface area (Å²) in [7, 11) is 1.80. The third-order valence-corrected chi connectivity index (χ3v) is 2.49. The minimum Gasteiger partial charge on any atom is -0.340 e. The van der Waals surface area contributed by atoms with Crippen LogP contribution in [0.4, 0.5) is 0 Å². The molecule has 1 aromatic rings. The molecule has 0 saturated carbocycles. The Morgan fingerprint density at radius 2 is 1.93 bits per heavy atom. The van der Waals surface area contributed by atoms with Crippen molar-refractivity contribution in [1.82, 2.24) is 4.90 Å². The second kappa shape index (κ2) is 5.21. The molecule has 2 nitrogen and oxygen atoms in total. The van der Waals surface area contributed by atoms with E-state index < -0.39 is 0 Å². The Morgan fingerprint density at radius 1 is 1.40 bits per heavy atom. The summed E-state index contributed by atoms with van der Waals surface area (Å²) in [4.78, 5) is 13.3. The van der Waals surface area contributed by atoms with E-state index in [-0.39, 0.29) is 11.2 Å². The Hall–Kier alpha value is -0.960. The van der Waals surface area contributed by atoms with E-state index in [0.717, 1.165) is 5.56 Å². The number of amides is 1. The molecule has 1 rings (SSSR count). The molecule has 0 radical (unpaired) electrons. The smallest absolute Gasteiger partial charge is 0.235 e. The van der Waals surface area contributed by atoms with Gasteiger partial charge in [0.15, 0.2) is 0 Å². The van der Waals surface area contributed by atoms with Gasteiger partial charge in [-0.25, -0.2) is 0 Å². The van der Waals surface area contributed by atoms with Crippen molar-refractivity contribution in [3.05, 3.63) is 35.4 Å². The van der Waals surface area contributed by atoms with Crippen molar-refractivity contribution in [2.75, 3.05) is 7.05 Å². The highest BCUT2D eigenvalue weighted by molar-refractivity contribution is 7.81. The zero-order valence-corrected chi connectivity index (χ0v) is 10.3. The van der Waals surface area contributed by atoms with Crippen molar-refractivity contribution in [3.63, 3.8) is 0 Å². The van der Waals surface area contributed by atoms with Crippen LogP contribution in [0.5, 0.6) is 0 Å². The maximum Gasteiger partial charge on any atom is 0.235 e. The number of nitrogens with zero attached hydrogens (tertiary/aromatic N) is 1. The molecule has 82 valence electrons. The highest BCUT2D eigenvalue weighted by Gasteiger charge is 2.13. The number of thiol groups is 1. The number of carbonyl (C=O) groups is 1. The lowest BCUT2D eigenvalue weighted by Crippen LogP contribution is -2.31. The van der Waals surface area contributed by atoms with Gasteiger partial charge in [0.25, 0.3) is 0 Å². The zero-order valence-electron chi connectivity index (χ0n) is 9.40. The first kappa shape index (κ1) is 12.1. The molecule has 1 aromatic carbocycles. The minimum atomic E-state index is -0.236. The maximum absolute atomic E-state index is 11.6. The van der Waals surface area contributed by atoms with Crippen LogP contribution < -0.4 is 0 Å². The van der Waals surface area contributed by atoms with E-state index in [1.54, 1.807) is 18.9 Å². The van der Waals surface area contributed by atoms with Crippen molar-refractivity contribution in [3.8, 4) is 0 Å². The molecule has 0 aromatic heterocycles. The van der Waals surface area contributed by atoms with Gasteiger partial charge in [-0.05, 0) is 19.4 Å². The van der Waals surface area contributed by atoms with Crippen LogP contribution in [0.15, 0.2) is 24.3 Å². The lowest BCUT2D eigenvalue weighted by atomic mass is 10.1. The molecule has 0 aliphatic heterocycles. The van der Waals surface area contributed by atoms with Crippen LogP contribution in [-0.2, 0) is 11.3 Å². The molecular weight excluding hydrogens is 206 g/mol. The first-order valence-corrected chi connectivity index (χ1v) is 5.51. The highest BCUT2D eigenvalue weighted by atomic mass is 32.1. The summed E-state index contributed by atoms with van der Waals surface area (Å²) in [6.45, 7) is 4.48. The summed E-state index contributed by atoms with van der Waals surface area (Å²) >= 11 is 4.12. The Morgan fingerprint density at radius 3 is 2.40 bits per heavy atom. The molecular formula is C12H17NOS. The van der Waals surface area contributed by atoms with Crippen molar-refractivity contribution in [1.29, 1.82) is 0 Å². The summed E-state index contributed by atoms with van der Waals surface area (Å²) in [5.74, 6) is 0.0545. The van der Waals surface area contributed by atoms with Gasteiger partial charge >= 0.3 is 0 Å². The third kappa shape index (κ3) is 3.59. The van der Waals surface area contributed by atoms with Crippen LogP contribution in [0.3, 0.4) is 0 Å². The molecule has 0 N–H and O–H groups in total. The molecule has 1 atom stereocenters. The monoisotopic (exact) mass is 223 g/mol. The largest absolute Gasteiger partial charge is 0.340 e. The fraction of sp³-hybridized carbons (Fsp3) is 0.417. The van der Waals surface area contributed by atoms with Crippen LogP contribution in [-0.4, -0.2) is 23.1 Å². The Labute approximate surface area is 96.7 Å². The molecule has 0 heterocycles. The SMILES string of the molecule is Cc1ccc(CN(C)C(=O)C(C)S)cc1. The van der Waals surface area contributed by atoms with E-state index in [4.69, 9.17) is 0 Å². The molecule has 15 heavy (non-hydrogen) atoms. The summed E-state index contributed by atoms with van der Waals surface area (Å²) in [5.41, 5.74) is 2.38. The Bertz CT molecular complexity index is 332. The van der Waals surface area contributed by atoms with E-state index in [0.29, 0.717) is 6.54 Å². The van der Waals surface area contributed by atoms with Gasteiger partial charge in [0.05, 0.1) is 5.25 Å². The molecule has 0 bridgehead atoms. The molecule has 3 heteroatoms. The lowest BCUT2D eigenvalue weighted by Gasteiger charge is -2.19. The molecule has 1 amide bonds. The first-order valence-electron chi connectivity index (χ1n) is 4.99. The summed E-state index contributed by atoms with van der Waals surface area (Å²) in [6, 6.07) is 8.19. The molecule has 0 spiro atoms. The van der Waals surface area contributed by atoms with Crippen LogP contribution in [0.1, 0.15) is 18.1 Å². The van der Waals surface area contributed by atoms with E-state index in [1.807, 2.05) is 12.1 Å². The topological polar surface area (TPSA) is 20.3 Å². The predicted molar refractivity (Wildman–Crippen MR) is 66.1 cm³/mol. The van der Waals surface area contributed by atoms with Gasteiger partial charge in [0.2, 0.25) is 5.91 Å². The lowest BCUT2D eigenvalue weighted by molar-refractivity contribution is -0.129. The number of hydrogen-bond donors (Lipinski definition) is 1. The van der Waals surface area contributed by atoms with E-state index in [2.05, 4.69) is 31.7 Å². The normalized spacial score (nSPS) is 12.3. The van der Waals surface area contributed by atoms with Crippen molar-refractivity contribution >= 4 is 18.5 Å². The minimum absolute atomic E-state index is 0.0545. The van der Waals surface area contributed by atoms with Crippen molar-refractivity contribution < 1.29 is 4.79 Å². The van der Waals surface area contributed by atoms with Gasteiger partial charge in [0, 0.05) is 13.6 Å². The van der Waals surface area contributed by atoms with Gasteiger partial charge in [0.1, 0.15) is 0 Å². The van der Waals surface area contributed by atoms with Gasteiger partial charge < -0.3 is 4.90 Å². The van der Waals surface area contributed by atoms with Gasteiger partial charge in [-0.1, -0.05) is 29.8 Å². The van der Waals surface area contributed by atoms with Crippen LogP contribution in [0, 0.1) is 6.92 Å². The Balaban J connectivity index is 2.62. The number of benzene rings is 1. The maximum atomic E-state index is 11.6. The number of aryl methyl sites for hydroxylation is 1. The van der Waals surface area contributed by atoms with Gasteiger partial charge in [-0.3, -0.25) is 4.79 Å². The number of carbonyl (C=O) groups excluding carboxylic acids is 1. The van der Waals surface area contributed by atoms with Crippen LogP contribution in [0.25, 0.3) is 0 Å². The predicted octanol–water partition coefficient (Wildman–Crippen LogP) is 2.27. The van der Waals surface area contributed by atoms with Gasteiger partial charge in [-0.2, -0.15) is 12.6 Å². The number of rotatable bonds is 3. The average molecular weight is 223 g/mol. The van der Waals surface area contributed by atoms with Crippen molar-refractivity contribution in [2.45, 2.75) is 25.6 Å². The third-order valence-electron chi connectivity index (χ3n) is 2.27. The standard InChI is InChI=1S/C12H17NOS/c1-9-4-6-11(7-5-9)8-13(3)12(14)10(2)15/h4-7,10,15H,8H2,1-3H3. The molecule has 1 unspecified atom stereocenters. The molecule has 0 aliphatic carbocycles. The Kier molecular flexibility index (Phi) is 4.21. The summed E-state index contributed by atoms with van der Waals surface area (Å²) < 4.78 is 0. The summed E-state index contributed by atoms with van der Waals surface area (Å²) in [5, 5.41) is -0.236. The molecule has 0 aliphatic rings. The molecule has 0 saturated heterocycles. The second-order valence-electron chi connectivity index (χ2n) is 3.86. The van der Waals surface area contributed by atoms with E-state index in [9.17, 15) is 4.79 Å². The van der Waals surface area contributed by atoms with E-state index >= 15 is 0 Å². The molecule has 0 fully saturated rings. The van der Waals surface area contributed by atoms with Crippen LogP contribution >= 0.6 is 12.6 Å². The van der Waals surface area contributed by atoms with Gasteiger partial charge in [-0.15, -0.1) is 0 Å². The first-order chi connectivity index (χ1) is 7.00. The quantitative estimate of drug-likeness (QED) is 0.779. The fourth-order valence-corrected chi connectivity index (χ4v) is 1.56. The second-order valence-corrected chi connectivity index (χ2v) is 4.63. The van der Waals surface area contributed by atoms with Crippen LogP contribution in [0.2, 0.25) is 0 Å². The fourth-order valence-electron chi connectivity index (χ4n) is 1.36. The van der Waals surface area contributed by atoms with E-state index in [1.165, 1.54) is 5.56 Å². The van der Waals surface area contributed by atoms with Crippen molar-refractivity contribution in [2.24, 2.45) is 0 Å². The highest BCUT2D eigenvalue weighted by Crippen LogP contribution is 2.08. The number of hydrogen-bond acceptors (Lipinski definition) is 2. The summed E-state index contributed by atoms with van der Waals surface area (Å²) in [6.07, 6.45) is 0. The average Bonchev–Trinajstić information content (AvgIpc) is 2.20.